The Hall–Kier alpha value is -3.81. The van der Waals surface area contributed by atoms with Crippen LogP contribution in [0, 0.1) is 0 Å². The Labute approximate surface area is 148 Å². The summed E-state index contributed by atoms with van der Waals surface area (Å²) in [4.78, 5) is 15.5. The van der Waals surface area contributed by atoms with E-state index >= 15 is 0 Å². The molecule has 0 radical (unpaired) electrons. The summed E-state index contributed by atoms with van der Waals surface area (Å²) in [5.74, 6) is -0.265. The SMILES string of the molecule is CC(=NNC(=O)c1c[nH]c2ccccc12)c1cccc(-n2cnnn2)c1. The summed E-state index contributed by atoms with van der Waals surface area (Å²) in [5.41, 5.74) is 6.42. The van der Waals surface area contributed by atoms with Crippen molar-refractivity contribution in [2.24, 2.45) is 5.10 Å². The zero-order chi connectivity index (χ0) is 17.9. The number of H-pyrrole nitrogens is 1. The Morgan fingerprint density at radius 1 is 1.19 bits per heavy atom. The molecule has 0 atom stereocenters. The maximum atomic E-state index is 12.4. The summed E-state index contributed by atoms with van der Waals surface area (Å²) >= 11 is 0. The third-order valence-corrected chi connectivity index (χ3v) is 4.04. The van der Waals surface area contributed by atoms with Gasteiger partial charge in [-0.1, -0.05) is 30.3 Å². The Kier molecular flexibility index (Phi) is 3.98. The number of amides is 1. The van der Waals surface area contributed by atoms with E-state index in [4.69, 9.17) is 0 Å². The fourth-order valence-electron chi connectivity index (χ4n) is 2.67. The monoisotopic (exact) mass is 345 g/mol. The molecule has 0 spiro atoms. The molecule has 0 bridgehead atoms. The highest BCUT2D eigenvalue weighted by Gasteiger charge is 2.11. The smallest absolute Gasteiger partial charge is 0.273 e. The third kappa shape index (κ3) is 2.95. The van der Waals surface area contributed by atoms with E-state index in [1.54, 1.807) is 10.9 Å². The number of benzene rings is 2. The van der Waals surface area contributed by atoms with Gasteiger partial charge in [-0.05, 0) is 41.1 Å². The Morgan fingerprint density at radius 3 is 2.92 bits per heavy atom. The molecule has 0 aliphatic heterocycles. The number of carbonyl (C=O) groups is 1. The minimum absolute atomic E-state index is 0.265. The normalized spacial score (nSPS) is 11.7. The van der Waals surface area contributed by atoms with Crippen LogP contribution in [0.4, 0.5) is 0 Å². The molecule has 128 valence electrons. The molecule has 0 aliphatic rings. The van der Waals surface area contributed by atoms with Crippen LogP contribution >= 0.6 is 0 Å². The maximum Gasteiger partial charge on any atom is 0.273 e. The molecule has 8 nitrogen and oxygen atoms in total. The lowest BCUT2D eigenvalue weighted by atomic mass is 10.1. The number of rotatable bonds is 4. The van der Waals surface area contributed by atoms with Gasteiger partial charge in [0.2, 0.25) is 0 Å². The number of hydrogen-bond acceptors (Lipinski definition) is 5. The molecule has 8 heteroatoms. The second-order valence-electron chi connectivity index (χ2n) is 5.69. The molecule has 4 rings (SSSR count). The average molecular weight is 345 g/mol. The van der Waals surface area contributed by atoms with Crippen LogP contribution in [-0.4, -0.2) is 36.8 Å². The van der Waals surface area contributed by atoms with E-state index in [1.165, 1.54) is 6.33 Å². The number of fused-ring (bicyclic) bond motifs is 1. The van der Waals surface area contributed by atoms with Gasteiger partial charge in [-0.15, -0.1) is 5.10 Å². The average Bonchev–Trinajstić information content (AvgIpc) is 3.36. The summed E-state index contributed by atoms with van der Waals surface area (Å²) in [5, 5.41) is 16.2. The standard InChI is InChI=1S/C18H15N7O/c1-12(13-5-4-6-14(9-13)25-11-20-23-24-25)21-22-18(26)16-10-19-17-8-3-2-7-15(16)17/h2-11,19H,1H3,(H,22,26). The van der Waals surface area contributed by atoms with Crippen LogP contribution in [0.15, 0.2) is 66.2 Å². The van der Waals surface area contributed by atoms with E-state index in [0.29, 0.717) is 11.3 Å². The lowest BCUT2D eigenvalue weighted by Crippen LogP contribution is -2.19. The van der Waals surface area contributed by atoms with Crippen molar-refractivity contribution in [2.45, 2.75) is 6.92 Å². The summed E-state index contributed by atoms with van der Waals surface area (Å²) < 4.78 is 1.56. The summed E-state index contributed by atoms with van der Waals surface area (Å²) in [6.45, 7) is 1.83. The third-order valence-electron chi connectivity index (χ3n) is 4.04. The first-order valence-electron chi connectivity index (χ1n) is 7.97. The van der Waals surface area contributed by atoms with Crippen LogP contribution in [0.5, 0.6) is 0 Å². The fourth-order valence-corrected chi connectivity index (χ4v) is 2.67. The zero-order valence-corrected chi connectivity index (χ0v) is 13.9. The van der Waals surface area contributed by atoms with Crippen molar-refractivity contribution in [3.05, 3.63) is 72.2 Å². The summed E-state index contributed by atoms with van der Waals surface area (Å²) in [7, 11) is 0. The number of para-hydroxylation sites is 1. The second-order valence-corrected chi connectivity index (χ2v) is 5.69. The molecule has 1 amide bonds. The Balaban J connectivity index is 1.55. The van der Waals surface area contributed by atoms with Crippen molar-refractivity contribution >= 4 is 22.5 Å². The topological polar surface area (TPSA) is 101 Å². The van der Waals surface area contributed by atoms with E-state index in [9.17, 15) is 4.79 Å². The van der Waals surface area contributed by atoms with E-state index in [1.807, 2.05) is 55.5 Å². The summed E-state index contributed by atoms with van der Waals surface area (Å²) in [6, 6.07) is 15.2. The highest BCUT2D eigenvalue weighted by Crippen LogP contribution is 2.17. The fraction of sp³-hybridized carbons (Fsp3) is 0.0556. The van der Waals surface area contributed by atoms with Gasteiger partial charge in [0.25, 0.3) is 5.91 Å². The number of aromatic nitrogens is 5. The number of nitrogens with one attached hydrogen (secondary N) is 2. The van der Waals surface area contributed by atoms with Crippen molar-refractivity contribution in [1.29, 1.82) is 0 Å². The number of carbonyl (C=O) groups excluding carboxylic acids is 1. The van der Waals surface area contributed by atoms with Crippen LogP contribution in [0.25, 0.3) is 16.6 Å². The minimum Gasteiger partial charge on any atom is -0.360 e. The van der Waals surface area contributed by atoms with Gasteiger partial charge < -0.3 is 4.98 Å². The minimum atomic E-state index is -0.265. The second kappa shape index (κ2) is 6.60. The van der Waals surface area contributed by atoms with Gasteiger partial charge in [0.05, 0.1) is 17.0 Å². The first-order chi connectivity index (χ1) is 12.7. The van der Waals surface area contributed by atoms with E-state index in [0.717, 1.165) is 22.2 Å². The van der Waals surface area contributed by atoms with Gasteiger partial charge in [-0.2, -0.15) is 5.10 Å². The number of tetrazole rings is 1. The van der Waals surface area contributed by atoms with Gasteiger partial charge in [-0.25, -0.2) is 10.1 Å². The summed E-state index contributed by atoms with van der Waals surface area (Å²) in [6.07, 6.45) is 3.20. The molecule has 0 unspecified atom stereocenters. The molecule has 0 saturated carbocycles. The van der Waals surface area contributed by atoms with Crippen LogP contribution < -0.4 is 5.43 Å². The largest absolute Gasteiger partial charge is 0.360 e. The predicted molar refractivity (Wildman–Crippen MR) is 97.1 cm³/mol. The Morgan fingerprint density at radius 2 is 2.08 bits per heavy atom. The highest BCUT2D eigenvalue weighted by atomic mass is 16.2. The number of hydrogen-bond donors (Lipinski definition) is 2. The molecule has 4 aromatic rings. The van der Waals surface area contributed by atoms with Crippen molar-refractivity contribution in [3.8, 4) is 5.69 Å². The van der Waals surface area contributed by atoms with Gasteiger partial charge in [-0.3, -0.25) is 4.79 Å². The van der Waals surface area contributed by atoms with Crippen molar-refractivity contribution < 1.29 is 4.79 Å². The molecule has 2 aromatic carbocycles. The first kappa shape index (κ1) is 15.7. The number of nitrogens with zero attached hydrogens (tertiary/aromatic N) is 5. The molecule has 0 fully saturated rings. The molecule has 2 aromatic heterocycles. The van der Waals surface area contributed by atoms with Crippen molar-refractivity contribution in [2.75, 3.05) is 0 Å². The molecule has 2 heterocycles. The van der Waals surface area contributed by atoms with E-state index in [-0.39, 0.29) is 5.91 Å². The quantitative estimate of drug-likeness (QED) is 0.438. The molecular formula is C18H15N7O. The van der Waals surface area contributed by atoms with E-state index < -0.39 is 0 Å². The van der Waals surface area contributed by atoms with Gasteiger partial charge in [0.1, 0.15) is 6.33 Å². The molecule has 0 aliphatic carbocycles. The van der Waals surface area contributed by atoms with Gasteiger partial charge >= 0.3 is 0 Å². The van der Waals surface area contributed by atoms with Crippen molar-refractivity contribution in [3.63, 3.8) is 0 Å². The maximum absolute atomic E-state index is 12.4. The van der Waals surface area contributed by atoms with Gasteiger partial charge in [0, 0.05) is 17.1 Å². The lowest BCUT2D eigenvalue weighted by Gasteiger charge is -2.05. The van der Waals surface area contributed by atoms with Crippen LogP contribution in [0.3, 0.4) is 0 Å². The van der Waals surface area contributed by atoms with Crippen molar-refractivity contribution in [1.82, 2.24) is 30.6 Å². The number of hydrazone groups is 1. The van der Waals surface area contributed by atoms with Crippen LogP contribution in [-0.2, 0) is 0 Å². The number of aromatic amines is 1. The predicted octanol–water partition coefficient (Wildman–Crippen LogP) is 2.30. The lowest BCUT2D eigenvalue weighted by molar-refractivity contribution is 0.0956. The highest BCUT2D eigenvalue weighted by molar-refractivity contribution is 6.07. The molecule has 26 heavy (non-hydrogen) atoms. The van der Waals surface area contributed by atoms with Gasteiger partial charge in [0.15, 0.2) is 0 Å². The van der Waals surface area contributed by atoms with Crippen LogP contribution in [0.1, 0.15) is 22.8 Å². The Bertz CT molecular complexity index is 1100. The van der Waals surface area contributed by atoms with E-state index in [2.05, 4.69) is 31.0 Å². The molecule has 2 N–H and O–H groups in total. The molecular weight excluding hydrogens is 330 g/mol. The zero-order valence-electron chi connectivity index (χ0n) is 13.9. The van der Waals surface area contributed by atoms with Crippen LogP contribution in [0.2, 0.25) is 0 Å². The molecule has 0 saturated heterocycles. The first-order valence-corrected chi connectivity index (χ1v) is 7.97.